The molecule has 2 aliphatic heterocycles. The number of nitrogens with zero attached hydrogens (tertiary/aromatic N) is 3. The molecule has 8 heteroatoms. The van der Waals surface area contributed by atoms with Gasteiger partial charge in [0.25, 0.3) is 11.7 Å². The highest BCUT2D eigenvalue weighted by Gasteiger charge is 2.50. The number of ketones is 1. The molecule has 0 saturated carbocycles. The maximum Gasteiger partial charge on any atom is 0.409 e. The van der Waals surface area contributed by atoms with E-state index in [1.165, 1.54) is 0 Å². The zero-order valence-electron chi connectivity index (χ0n) is 20.0. The van der Waals surface area contributed by atoms with Gasteiger partial charge in [0.05, 0.1) is 17.9 Å². The van der Waals surface area contributed by atoms with Gasteiger partial charge in [-0.15, -0.1) is 0 Å². The molecule has 36 heavy (non-hydrogen) atoms. The first-order chi connectivity index (χ1) is 17.5. The number of carbonyl (C=O) groups is 3. The highest BCUT2D eigenvalue weighted by molar-refractivity contribution is 6.46. The third-order valence-electron chi connectivity index (χ3n) is 6.88. The van der Waals surface area contributed by atoms with E-state index in [0.717, 1.165) is 10.8 Å². The minimum Gasteiger partial charge on any atom is -0.507 e. The molecule has 5 rings (SSSR count). The minimum absolute atomic E-state index is 0.0304. The number of carbonyl (C=O) groups excluding carboxylic acids is 3. The number of hydrogen-bond donors (Lipinski definition) is 1. The SMILES string of the molecule is CCOC(=O)N1CCC(N2C(=O)C(=O)/C(=C(\O)c3cccc4ccccc34)C2c2ccccn2)CC1. The number of aliphatic hydroxyl groups excluding tert-OH is 1. The zero-order chi connectivity index (χ0) is 25.2. The number of aromatic nitrogens is 1. The van der Waals surface area contributed by atoms with E-state index in [4.69, 9.17) is 4.74 Å². The fourth-order valence-corrected chi connectivity index (χ4v) is 5.17. The minimum atomic E-state index is -0.829. The van der Waals surface area contributed by atoms with E-state index in [-0.39, 0.29) is 23.5 Å². The lowest BCUT2D eigenvalue weighted by molar-refractivity contribution is -0.142. The van der Waals surface area contributed by atoms with Crippen LogP contribution < -0.4 is 0 Å². The van der Waals surface area contributed by atoms with Crippen molar-refractivity contribution in [2.45, 2.75) is 31.8 Å². The Balaban J connectivity index is 1.57. The summed E-state index contributed by atoms with van der Waals surface area (Å²) in [6, 6.07) is 17.3. The van der Waals surface area contributed by atoms with Crippen LogP contribution in [0, 0.1) is 0 Å². The quantitative estimate of drug-likeness (QED) is 0.336. The van der Waals surface area contributed by atoms with Gasteiger partial charge < -0.3 is 19.6 Å². The van der Waals surface area contributed by atoms with Crippen LogP contribution in [-0.4, -0.2) is 63.4 Å². The maximum atomic E-state index is 13.4. The molecule has 0 radical (unpaired) electrons. The van der Waals surface area contributed by atoms with Crippen LogP contribution in [0.15, 0.2) is 72.4 Å². The van der Waals surface area contributed by atoms with Crippen LogP contribution in [0.5, 0.6) is 0 Å². The van der Waals surface area contributed by atoms with Gasteiger partial charge in [0.1, 0.15) is 11.8 Å². The van der Waals surface area contributed by atoms with Gasteiger partial charge in [-0.2, -0.15) is 0 Å². The molecule has 3 heterocycles. The summed E-state index contributed by atoms with van der Waals surface area (Å²) in [6.07, 6.45) is 2.21. The van der Waals surface area contributed by atoms with E-state index in [1.807, 2.05) is 36.4 Å². The Morgan fingerprint density at radius 2 is 1.75 bits per heavy atom. The first-order valence-corrected chi connectivity index (χ1v) is 12.1. The number of amides is 2. The first kappa shape index (κ1) is 23.5. The summed E-state index contributed by atoms with van der Waals surface area (Å²) in [5.74, 6) is -1.61. The fourth-order valence-electron chi connectivity index (χ4n) is 5.17. The second-order valence-corrected chi connectivity index (χ2v) is 8.90. The van der Waals surface area contributed by atoms with Crippen molar-refractivity contribution in [1.82, 2.24) is 14.8 Å². The van der Waals surface area contributed by atoms with Crippen molar-refractivity contribution in [3.63, 3.8) is 0 Å². The Hall–Kier alpha value is -4.20. The summed E-state index contributed by atoms with van der Waals surface area (Å²) in [7, 11) is 0. The molecule has 8 nitrogen and oxygen atoms in total. The number of pyridine rings is 1. The Kier molecular flexibility index (Phi) is 6.41. The molecule has 3 aromatic rings. The summed E-state index contributed by atoms with van der Waals surface area (Å²) in [6.45, 7) is 2.86. The molecular weight excluding hydrogens is 458 g/mol. The van der Waals surface area contributed by atoms with E-state index >= 15 is 0 Å². The lowest BCUT2D eigenvalue weighted by atomic mass is 9.94. The van der Waals surface area contributed by atoms with Crippen LogP contribution >= 0.6 is 0 Å². The third-order valence-corrected chi connectivity index (χ3v) is 6.88. The molecule has 2 aliphatic rings. The van der Waals surface area contributed by atoms with Gasteiger partial charge in [0.15, 0.2) is 0 Å². The highest BCUT2D eigenvalue weighted by atomic mass is 16.6. The normalized spacial score (nSPS) is 20.2. The molecule has 2 saturated heterocycles. The molecular formula is C28H27N3O5. The molecule has 2 aromatic carbocycles. The van der Waals surface area contributed by atoms with Gasteiger partial charge in [-0.05, 0) is 42.7 Å². The number of Topliss-reactive ketones (excluding diaryl/α,β-unsaturated/α-hetero) is 1. The summed E-state index contributed by atoms with van der Waals surface area (Å²) >= 11 is 0. The van der Waals surface area contributed by atoms with Gasteiger partial charge in [-0.1, -0.05) is 48.5 Å². The van der Waals surface area contributed by atoms with Crippen molar-refractivity contribution in [2.75, 3.05) is 19.7 Å². The van der Waals surface area contributed by atoms with Gasteiger partial charge in [-0.25, -0.2) is 4.79 Å². The lowest BCUT2D eigenvalue weighted by Crippen LogP contribution is -2.48. The summed E-state index contributed by atoms with van der Waals surface area (Å²) in [4.78, 5) is 46.6. The van der Waals surface area contributed by atoms with Crippen molar-refractivity contribution in [3.05, 3.63) is 83.7 Å². The average molecular weight is 486 g/mol. The number of likely N-dealkylation sites (tertiary alicyclic amines) is 2. The maximum absolute atomic E-state index is 13.4. The molecule has 2 amide bonds. The van der Waals surface area contributed by atoms with E-state index in [2.05, 4.69) is 4.98 Å². The number of ether oxygens (including phenoxy) is 1. The molecule has 0 spiro atoms. The standard InChI is InChI=1S/C28H27N3O5/c1-2-36-28(35)30-16-13-19(14-17-30)31-24(22-12-5-6-15-29-22)23(26(33)27(31)34)25(32)21-11-7-9-18-8-3-4-10-20(18)21/h3-12,15,19,24,32H,2,13-14,16-17H2,1H3/b25-23-. The first-order valence-electron chi connectivity index (χ1n) is 12.1. The lowest BCUT2D eigenvalue weighted by Gasteiger charge is -2.38. The molecule has 0 bridgehead atoms. The zero-order valence-corrected chi connectivity index (χ0v) is 20.0. The largest absolute Gasteiger partial charge is 0.507 e. The number of piperidine rings is 1. The van der Waals surface area contributed by atoms with Crippen molar-refractivity contribution in [1.29, 1.82) is 0 Å². The number of benzene rings is 2. The van der Waals surface area contributed by atoms with Crippen LogP contribution in [0.1, 0.15) is 37.1 Å². The number of rotatable bonds is 4. The Morgan fingerprint density at radius 3 is 2.47 bits per heavy atom. The molecule has 1 N–H and O–H groups in total. The van der Waals surface area contributed by atoms with Crippen molar-refractivity contribution >= 4 is 34.3 Å². The van der Waals surface area contributed by atoms with Crippen molar-refractivity contribution < 1.29 is 24.2 Å². The Bertz CT molecular complexity index is 1340. The number of hydrogen-bond acceptors (Lipinski definition) is 6. The van der Waals surface area contributed by atoms with Gasteiger partial charge >= 0.3 is 6.09 Å². The highest BCUT2D eigenvalue weighted by Crippen LogP contribution is 2.42. The Morgan fingerprint density at radius 1 is 1.03 bits per heavy atom. The number of fused-ring (bicyclic) bond motifs is 1. The topological polar surface area (TPSA) is 100 Å². The predicted octanol–water partition coefficient (Wildman–Crippen LogP) is 4.28. The van der Waals surface area contributed by atoms with E-state index in [9.17, 15) is 19.5 Å². The molecule has 1 unspecified atom stereocenters. The van der Waals surface area contributed by atoms with Crippen LogP contribution in [0.2, 0.25) is 0 Å². The monoisotopic (exact) mass is 485 g/mol. The second kappa shape index (κ2) is 9.81. The fraction of sp³-hybridized carbons (Fsp3) is 0.286. The van der Waals surface area contributed by atoms with Crippen molar-refractivity contribution in [3.8, 4) is 0 Å². The second-order valence-electron chi connectivity index (χ2n) is 8.90. The van der Waals surface area contributed by atoms with Crippen LogP contribution in [-0.2, 0) is 14.3 Å². The van der Waals surface area contributed by atoms with E-state index in [1.54, 1.807) is 47.2 Å². The van der Waals surface area contributed by atoms with Gasteiger partial charge in [0, 0.05) is 30.9 Å². The molecule has 184 valence electrons. The van der Waals surface area contributed by atoms with Crippen LogP contribution in [0.3, 0.4) is 0 Å². The van der Waals surface area contributed by atoms with Gasteiger partial charge in [-0.3, -0.25) is 14.6 Å². The molecule has 2 fully saturated rings. The predicted molar refractivity (Wildman–Crippen MR) is 134 cm³/mol. The molecule has 1 atom stereocenters. The van der Waals surface area contributed by atoms with Crippen molar-refractivity contribution in [2.24, 2.45) is 0 Å². The van der Waals surface area contributed by atoms with Crippen LogP contribution in [0.25, 0.3) is 16.5 Å². The smallest absolute Gasteiger partial charge is 0.409 e. The summed E-state index contributed by atoms with van der Waals surface area (Å²) in [5, 5.41) is 13.2. The van der Waals surface area contributed by atoms with E-state index in [0.29, 0.717) is 43.8 Å². The number of aliphatic hydroxyl groups is 1. The Labute approximate surface area is 208 Å². The molecule has 0 aliphatic carbocycles. The average Bonchev–Trinajstić information content (AvgIpc) is 3.18. The molecule has 1 aromatic heterocycles. The van der Waals surface area contributed by atoms with Crippen LogP contribution in [0.4, 0.5) is 4.79 Å². The van der Waals surface area contributed by atoms with Gasteiger partial charge in [0.2, 0.25) is 0 Å². The van der Waals surface area contributed by atoms with E-state index < -0.39 is 17.7 Å². The summed E-state index contributed by atoms with van der Waals surface area (Å²) in [5.41, 5.74) is 1.03. The summed E-state index contributed by atoms with van der Waals surface area (Å²) < 4.78 is 5.11. The third kappa shape index (κ3) is 4.08.